The molecule has 0 spiro atoms. The van der Waals surface area contributed by atoms with E-state index in [0.29, 0.717) is 19.5 Å². The topological polar surface area (TPSA) is 74.8 Å². The minimum Gasteiger partial charge on any atom is -0.207 e. The quantitative estimate of drug-likeness (QED) is 0.571. The Morgan fingerprint density at radius 2 is 1.35 bits per heavy atom. The minimum absolute atomic E-state index is 0.0638. The van der Waals surface area contributed by atoms with E-state index in [1.807, 2.05) is 54.6 Å². The first-order chi connectivity index (χ1) is 14.8. The van der Waals surface area contributed by atoms with Crippen LogP contribution >= 0.6 is 0 Å². The van der Waals surface area contributed by atoms with Gasteiger partial charge < -0.3 is 0 Å². The molecule has 3 aromatic carbocycles. The molecule has 0 unspecified atom stereocenters. The fourth-order valence-electron chi connectivity index (χ4n) is 3.71. The summed E-state index contributed by atoms with van der Waals surface area (Å²) in [5.41, 5.74) is 3.04. The van der Waals surface area contributed by atoms with Crippen molar-refractivity contribution >= 4 is 20.0 Å². The molecule has 0 bridgehead atoms. The van der Waals surface area contributed by atoms with E-state index in [9.17, 15) is 16.8 Å². The molecule has 31 heavy (non-hydrogen) atoms. The van der Waals surface area contributed by atoms with Crippen LogP contribution in [0.25, 0.3) is 0 Å². The van der Waals surface area contributed by atoms with E-state index in [4.69, 9.17) is 0 Å². The van der Waals surface area contributed by atoms with Gasteiger partial charge in [0.2, 0.25) is 20.0 Å². The first-order valence-electron chi connectivity index (χ1n) is 9.96. The lowest BCUT2D eigenvalue weighted by molar-refractivity contribution is 0.391. The largest absolute Gasteiger partial charge is 0.243 e. The van der Waals surface area contributed by atoms with Crippen LogP contribution in [0.15, 0.2) is 88.7 Å². The van der Waals surface area contributed by atoms with Gasteiger partial charge in [0.1, 0.15) is 0 Å². The molecule has 0 aromatic heterocycles. The zero-order chi connectivity index (χ0) is 22.1. The molecule has 0 saturated carbocycles. The maximum atomic E-state index is 13.1. The van der Waals surface area contributed by atoms with Crippen molar-refractivity contribution in [3.63, 3.8) is 0 Å². The second-order valence-electron chi connectivity index (χ2n) is 7.58. The molecule has 3 aromatic rings. The molecule has 0 fully saturated rings. The summed E-state index contributed by atoms with van der Waals surface area (Å²) in [5, 5.41) is 0. The molecule has 1 aliphatic heterocycles. The van der Waals surface area contributed by atoms with E-state index in [-0.39, 0.29) is 16.3 Å². The molecule has 0 aliphatic carbocycles. The maximum Gasteiger partial charge on any atom is 0.243 e. The lowest BCUT2D eigenvalue weighted by atomic mass is 10.0. The molecule has 0 N–H and O–H groups in total. The molecule has 0 saturated heterocycles. The summed E-state index contributed by atoms with van der Waals surface area (Å²) in [4.78, 5) is 0.158. The average Bonchev–Trinajstić information content (AvgIpc) is 2.79. The van der Waals surface area contributed by atoms with Crippen molar-refractivity contribution in [3.05, 3.63) is 95.6 Å². The molecule has 0 atom stereocenters. The van der Waals surface area contributed by atoms with Crippen LogP contribution in [0.4, 0.5) is 0 Å². The normalized spacial score (nSPS) is 15.0. The zero-order valence-electron chi connectivity index (χ0n) is 17.2. The zero-order valence-corrected chi connectivity index (χ0v) is 18.8. The summed E-state index contributed by atoms with van der Waals surface area (Å²) < 4.78 is 54.7. The van der Waals surface area contributed by atoms with Gasteiger partial charge in [0.25, 0.3) is 0 Å². The van der Waals surface area contributed by atoms with Crippen LogP contribution in [0, 0.1) is 0 Å². The van der Waals surface area contributed by atoms with E-state index in [0.717, 1.165) is 16.7 Å². The summed E-state index contributed by atoms with van der Waals surface area (Å²) in [6.07, 6.45) is 0.659. The highest BCUT2D eigenvalue weighted by Crippen LogP contribution is 2.26. The Hall–Kier alpha value is -2.52. The number of nitrogens with zero attached hydrogens (tertiary/aromatic N) is 2. The molecule has 1 heterocycles. The van der Waals surface area contributed by atoms with Crippen molar-refractivity contribution in [2.75, 3.05) is 13.6 Å². The first kappa shape index (κ1) is 21.7. The molecule has 1 aliphatic rings. The van der Waals surface area contributed by atoms with Crippen molar-refractivity contribution in [1.82, 2.24) is 8.61 Å². The van der Waals surface area contributed by atoms with E-state index in [2.05, 4.69) is 0 Å². The summed E-state index contributed by atoms with van der Waals surface area (Å²) in [6.45, 7) is 0.952. The van der Waals surface area contributed by atoms with Crippen molar-refractivity contribution in [1.29, 1.82) is 0 Å². The van der Waals surface area contributed by atoms with Crippen LogP contribution in [0.5, 0.6) is 0 Å². The van der Waals surface area contributed by atoms with Gasteiger partial charge >= 0.3 is 0 Å². The molecule has 4 rings (SSSR count). The van der Waals surface area contributed by atoms with Gasteiger partial charge in [-0.25, -0.2) is 16.8 Å². The maximum absolute atomic E-state index is 13.1. The van der Waals surface area contributed by atoms with Crippen LogP contribution in [0.2, 0.25) is 0 Å². The molecule has 0 amide bonds. The summed E-state index contributed by atoms with van der Waals surface area (Å²) in [5.74, 6) is 0. The second-order valence-corrected chi connectivity index (χ2v) is 11.6. The van der Waals surface area contributed by atoms with Crippen LogP contribution in [-0.2, 0) is 39.6 Å². The lowest BCUT2D eigenvalue weighted by Crippen LogP contribution is -2.36. The summed E-state index contributed by atoms with van der Waals surface area (Å²) >= 11 is 0. The average molecular weight is 457 g/mol. The highest BCUT2D eigenvalue weighted by molar-refractivity contribution is 7.89. The van der Waals surface area contributed by atoms with Crippen LogP contribution < -0.4 is 0 Å². The standard InChI is InChI=1S/C23H24N2O4S2/c1-24(17-19-7-3-2-4-8-19)30(26,27)22-11-13-23(14-12-22)31(28,29)25-16-15-20-9-5-6-10-21(20)18-25/h2-14H,15-18H2,1H3. The van der Waals surface area contributed by atoms with Gasteiger partial charge in [0.05, 0.1) is 9.79 Å². The molecule has 8 heteroatoms. The van der Waals surface area contributed by atoms with Gasteiger partial charge in [-0.05, 0) is 47.4 Å². The van der Waals surface area contributed by atoms with E-state index in [1.165, 1.54) is 39.9 Å². The Kier molecular flexibility index (Phi) is 5.98. The highest BCUT2D eigenvalue weighted by atomic mass is 32.2. The third kappa shape index (κ3) is 4.43. The molecule has 0 radical (unpaired) electrons. The Bertz CT molecular complexity index is 1270. The Morgan fingerprint density at radius 1 is 0.774 bits per heavy atom. The Morgan fingerprint density at radius 3 is 2.03 bits per heavy atom. The molecular weight excluding hydrogens is 432 g/mol. The van der Waals surface area contributed by atoms with E-state index < -0.39 is 20.0 Å². The third-order valence-electron chi connectivity index (χ3n) is 5.51. The van der Waals surface area contributed by atoms with Gasteiger partial charge in [-0.2, -0.15) is 8.61 Å². The van der Waals surface area contributed by atoms with Gasteiger partial charge in [-0.1, -0.05) is 54.6 Å². The molecule has 162 valence electrons. The lowest BCUT2D eigenvalue weighted by Gasteiger charge is -2.28. The van der Waals surface area contributed by atoms with Gasteiger partial charge in [-0.3, -0.25) is 0 Å². The summed E-state index contributed by atoms with van der Waals surface area (Å²) in [6, 6.07) is 22.6. The fraction of sp³-hybridized carbons (Fsp3) is 0.217. The third-order valence-corrected chi connectivity index (χ3v) is 9.19. The van der Waals surface area contributed by atoms with E-state index >= 15 is 0 Å². The van der Waals surface area contributed by atoms with Crippen LogP contribution in [-0.4, -0.2) is 39.0 Å². The minimum atomic E-state index is -3.74. The van der Waals surface area contributed by atoms with Crippen molar-refractivity contribution in [2.45, 2.75) is 29.3 Å². The van der Waals surface area contributed by atoms with Crippen LogP contribution in [0.3, 0.4) is 0 Å². The highest BCUT2D eigenvalue weighted by Gasteiger charge is 2.29. The molecule has 6 nitrogen and oxygen atoms in total. The van der Waals surface area contributed by atoms with Gasteiger partial charge in [-0.15, -0.1) is 0 Å². The SMILES string of the molecule is CN(Cc1ccccc1)S(=O)(=O)c1ccc(S(=O)(=O)N2CCc3ccccc3C2)cc1. The van der Waals surface area contributed by atoms with Crippen molar-refractivity contribution in [2.24, 2.45) is 0 Å². The Balaban J connectivity index is 1.53. The predicted molar refractivity (Wildman–Crippen MR) is 119 cm³/mol. The Labute approximate surface area is 183 Å². The number of fused-ring (bicyclic) bond motifs is 1. The van der Waals surface area contributed by atoms with Crippen molar-refractivity contribution < 1.29 is 16.8 Å². The van der Waals surface area contributed by atoms with Crippen molar-refractivity contribution in [3.8, 4) is 0 Å². The fourth-order valence-corrected chi connectivity index (χ4v) is 6.29. The number of rotatable bonds is 6. The second kappa shape index (κ2) is 8.55. The van der Waals surface area contributed by atoms with Gasteiger partial charge in [0.15, 0.2) is 0 Å². The van der Waals surface area contributed by atoms with E-state index in [1.54, 1.807) is 0 Å². The number of hydrogen-bond acceptors (Lipinski definition) is 4. The van der Waals surface area contributed by atoms with Gasteiger partial charge in [0, 0.05) is 26.7 Å². The first-order valence-corrected chi connectivity index (χ1v) is 12.8. The summed E-state index contributed by atoms with van der Waals surface area (Å²) in [7, 11) is -5.94. The number of hydrogen-bond donors (Lipinski definition) is 0. The molecular formula is C23H24N2O4S2. The monoisotopic (exact) mass is 456 g/mol. The predicted octanol–water partition coefficient (Wildman–Crippen LogP) is 3.25. The number of sulfonamides is 2. The smallest absolute Gasteiger partial charge is 0.207 e. The van der Waals surface area contributed by atoms with Crippen LogP contribution in [0.1, 0.15) is 16.7 Å². The number of benzene rings is 3.